The van der Waals surface area contributed by atoms with Gasteiger partial charge < -0.3 is 10.0 Å². The zero-order chi connectivity index (χ0) is 11.0. The molecule has 0 unspecified atom stereocenters. The van der Waals surface area contributed by atoms with Crippen LogP contribution in [-0.2, 0) is 0 Å². The first-order valence-corrected chi connectivity index (χ1v) is 4.63. The fourth-order valence-electron chi connectivity index (χ4n) is 1.48. The molecule has 2 aromatic rings. The Bertz CT molecular complexity index is 516. The molecule has 70 valence electrons. The van der Waals surface area contributed by atoms with Crippen LogP contribution in [0.5, 0.6) is 0 Å². The SMILES string of the molecule is [2H]c1cc2ccccc2c(B(O)O)c1S. The molecule has 0 aliphatic rings. The predicted octanol–water partition coefficient (Wildman–Crippen LogP) is 0.808. The highest BCUT2D eigenvalue weighted by atomic mass is 32.1. The third-order valence-corrected chi connectivity index (χ3v) is 2.50. The minimum atomic E-state index is -1.60. The molecule has 2 aromatic carbocycles. The Kier molecular flexibility index (Phi) is 2.18. The van der Waals surface area contributed by atoms with Crippen molar-refractivity contribution in [1.82, 2.24) is 0 Å². The molecule has 14 heavy (non-hydrogen) atoms. The van der Waals surface area contributed by atoms with Crippen molar-refractivity contribution in [1.29, 1.82) is 0 Å². The van der Waals surface area contributed by atoms with E-state index in [9.17, 15) is 10.0 Å². The van der Waals surface area contributed by atoms with Crippen LogP contribution in [0.2, 0.25) is 0 Å². The largest absolute Gasteiger partial charge is 0.490 e. The van der Waals surface area contributed by atoms with Crippen molar-refractivity contribution in [3.63, 3.8) is 0 Å². The van der Waals surface area contributed by atoms with Crippen LogP contribution in [0.25, 0.3) is 10.8 Å². The third kappa shape index (κ3) is 1.52. The van der Waals surface area contributed by atoms with Gasteiger partial charge in [-0.3, -0.25) is 0 Å². The fourth-order valence-corrected chi connectivity index (χ4v) is 1.78. The second kappa shape index (κ2) is 3.65. The lowest BCUT2D eigenvalue weighted by molar-refractivity contribution is 0.425. The van der Waals surface area contributed by atoms with E-state index >= 15 is 0 Å². The Balaban J connectivity index is 2.89. The van der Waals surface area contributed by atoms with Crippen molar-refractivity contribution >= 4 is 36.0 Å². The summed E-state index contributed by atoms with van der Waals surface area (Å²) in [5.74, 6) is 0. The standard InChI is InChI=1S/C10H9BO2S/c12-11(13)10-8-4-2-1-3-7(8)5-6-9(10)14/h1-6,12-14H/i6D. The molecular formula is C10H9BO2S. The van der Waals surface area contributed by atoms with Gasteiger partial charge in [0.25, 0.3) is 0 Å². The summed E-state index contributed by atoms with van der Waals surface area (Å²) >= 11 is 4.12. The average Bonchev–Trinajstić information content (AvgIpc) is 2.19. The van der Waals surface area contributed by atoms with E-state index in [1.807, 2.05) is 18.2 Å². The molecule has 0 aliphatic heterocycles. The van der Waals surface area contributed by atoms with E-state index in [0.29, 0.717) is 15.7 Å². The second-order valence-electron chi connectivity index (χ2n) is 3.01. The monoisotopic (exact) mass is 205 g/mol. The summed E-state index contributed by atoms with van der Waals surface area (Å²) in [6, 6.07) is 9.11. The Labute approximate surface area is 89.2 Å². The van der Waals surface area contributed by atoms with Gasteiger partial charge in [-0.25, -0.2) is 0 Å². The molecule has 0 atom stereocenters. The molecule has 0 saturated heterocycles. The van der Waals surface area contributed by atoms with Gasteiger partial charge in [0.1, 0.15) is 0 Å². The summed E-state index contributed by atoms with van der Waals surface area (Å²) in [7, 11) is -1.60. The van der Waals surface area contributed by atoms with Crippen LogP contribution < -0.4 is 5.46 Å². The molecule has 0 saturated carbocycles. The predicted molar refractivity (Wildman–Crippen MR) is 61.0 cm³/mol. The van der Waals surface area contributed by atoms with Crippen molar-refractivity contribution in [2.75, 3.05) is 0 Å². The van der Waals surface area contributed by atoms with E-state index in [-0.39, 0.29) is 6.04 Å². The lowest BCUT2D eigenvalue weighted by Gasteiger charge is -2.07. The van der Waals surface area contributed by atoms with Gasteiger partial charge in [-0.1, -0.05) is 30.3 Å². The number of fused-ring (bicyclic) bond motifs is 1. The molecule has 0 spiro atoms. The van der Waals surface area contributed by atoms with Crippen LogP contribution in [0.15, 0.2) is 41.3 Å². The van der Waals surface area contributed by atoms with Crippen LogP contribution in [0.1, 0.15) is 1.37 Å². The zero-order valence-electron chi connectivity index (χ0n) is 8.31. The first-order chi connectivity index (χ1) is 7.11. The van der Waals surface area contributed by atoms with Gasteiger partial charge in [0.05, 0.1) is 1.37 Å². The van der Waals surface area contributed by atoms with Crippen LogP contribution in [0.4, 0.5) is 0 Å². The number of benzene rings is 2. The molecule has 0 amide bonds. The van der Waals surface area contributed by atoms with Crippen molar-refractivity contribution in [2.24, 2.45) is 0 Å². The maximum atomic E-state index is 9.25. The summed E-state index contributed by atoms with van der Waals surface area (Å²) < 4.78 is 7.64. The topological polar surface area (TPSA) is 40.5 Å². The minimum Gasteiger partial charge on any atom is -0.423 e. The molecular weight excluding hydrogens is 195 g/mol. The Morgan fingerprint density at radius 1 is 1.21 bits per heavy atom. The Morgan fingerprint density at radius 3 is 2.64 bits per heavy atom. The van der Waals surface area contributed by atoms with Crippen LogP contribution in [0, 0.1) is 0 Å². The molecule has 2 rings (SSSR count). The molecule has 0 aliphatic carbocycles. The summed E-state index contributed by atoms with van der Waals surface area (Å²) in [4.78, 5) is 0.309. The molecule has 0 heterocycles. The maximum Gasteiger partial charge on any atom is 0.490 e. The number of thiol groups is 1. The van der Waals surface area contributed by atoms with Crippen molar-refractivity contribution in [2.45, 2.75) is 4.90 Å². The van der Waals surface area contributed by atoms with Crippen LogP contribution in [0.3, 0.4) is 0 Å². The van der Waals surface area contributed by atoms with E-state index in [2.05, 4.69) is 12.6 Å². The highest BCUT2D eigenvalue weighted by Gasteiger charge is 2.17. The summed E-state index contributed by atoms with van der Waals surface area (Å²) in [5.41, 5.74) is 0.293. The van der Waals surface area contributed by atoms with E-state index in [0.717, 1.165) is 5.39 Å². The highest BCUT2D eigenvalue weighted by molar-refractivity contribution is 7.80. The van der Waals surface area contributed by atoms with Gasteiger partial charge in [0.2, 0.25) is 0 Å². The van der Waals surface area contributed by atoms with E-state index in [1.165, 1.54) is 0 Å². The molecule has 2 nitrogen and oxygen atoms in total. The molecule has 0 radical (unpaired) electrons. The Morgan fingerprint density at radius 2 is 1.93 bits per heavy atom. The van der Waals surface area contributed by atoms with Crippen molar-refractivity contribution < 1.29 is 11.4 Å². The summed E-state index contributed by atoms with van der Waals surface area (Å²) in [6.07, 6.45) is 0. The number of hydrogen-bond donors (Lipinski definition) is 3. The van der Waals surface area contributed by atoms with Gasteiger partial charge in [-0.15, -0.1) is 12.6 Å². The summed E-state index contributed by atoms with van der Waals surface area (Å²) in [5, 5.41) is 20.0. The molecule has 0 fully saturated rings. The highest BCUT2D eigenvalue weighted by Crippen LogP contribution is 2.15. The van der Waals surface area contributed by atoms with Crippen molar-refractivity contribution in [3.05, 3.63) is 36.4 Å². The lowest BCUT2D eigenvalue weighted by atomic mass is 9.77. The first kappa shape index (κ1) is 8.35. The van der Waals surface area contributed by atoms with Gasteiger partial charge in [0, 0.05) is 10.4 Å². The maximum absolute atomic E-state index is 9.25. The number of hydrogen-bond acceptors (Lipinski definition) is 3. The lowest BCUT2D eigenvalue weighted by Crippen LogP contribution is -2.31. The van der Waals surface area contributed by atoms with Crippen LogP contribution in [-0.4, -0.2) is 17.2 Å². The zero-order valence-corrected chi connectivity index (χ0v) is 8.20. The average molecular weight is 205 g/mol. The molecule has 0 bridgehead atoms. The minimum absolute atomic E-state index is 0.195. The van der Waals surface area contributed by atoms with Crippen LogP contribution >= 0.6 is 12.6 Å². The van der Waals surface area contributed by atoms with E-state index in [1.54, 1.807) is 12.1 Å². The fraction of sp³-hybridized carbons (Fsp3) is 0. The molecule has 0 aromatic heterocycles. The van der Waals surface area contributed by atoms with E-state index < -0.39 is 7.12 Å². The smallest absolute Gasteiger partial charge is 0.423 e. The molecule has 4 heteroatoms. The Hall–Kier alpha value is -0.965. The van der Waals surface area contributed by atoms with Gasteiger partial charge in [-0.2, -0.15) is 0 Å². The second-order valence-corrected chi connectivity index (χ2v) is 3.46. The third-order valence-electron chi connectivity index (χ3n) is 2.13. The van der Waals surface area contributed by atoms with Gasteiger partial charge >= 0.3 is 7.12 Å². The summed E-state index contributed by atoms with van der Waals surface area (Å²) in [6.45, 7) is 0. The van der Waals surface area contributed by atoms with Crippen molar-refractivity contribution in [3.8, 4) is 0 Å². The van der Waals surface area contributed by atoms with E-state index in [4.69, 9.17) is 1.37 Å². The van der Waals surface area contributed by atoms with Gasteiger partial charge in [0.15, 0.2) is 0 Å². The number of rotatable bonds is 1. The normalized spacial score (nSPS) is 11.5. The molecule has 2 N–H and O–H groups in total. The van der Waals surface area contributed by atoms with Gasteiger partial charge in [-0.05, 0) is 16.8 Å². The first-order valence-electron chi connectivity index (χ1n) is 4.68. The quantitative estimate of drug-likeness (QED) is 0.476.